The molecule has 6 heteroatoms. The molecule has 23 heavy (non-hydrogen) atoms. The number of rotatable bonds is 5. The average molecular weight is 354 g/mol. The molecule has 0 heterocycles. The molecule has 0 aliphatic heterocycles. The van der Waals surface area contributed by atoms with Crippen molar-refractivity contribution >= 4 is 32.4 Å². The van der Waals surface area contributed by atoms with Crippen molar-refractivity contribution in [3.05, 3.63) is 41.4 Å². The van der Waals surface area contributed by atoms with E-state index >= 15 is 0 Å². The van der Waals surface area contributed by atoms with Crippen LogP contribution in [0.4, 0.5) is 0 Å². The zero-order valence-corrected chi connectivity index (χ0v) is 14.4. The Bertz CT molecular complexity index is 810. The van der Waals surface area contributed by atoms with E-state index in [0.29, 0.717) is 29.7 Å². The standard InChI is InChI=1S/C17H20ClNO3S/c1-2-15(12-9-13(20)10-12)19-23(21,22)16-8-4-6-11-5-3-7-14(18)17(11)16/h3-8,12-13,15,19-20H,2,9-10H2,1H3/t12?,13?,15-/m0/s1. The van der Waals surface area contributed by atoms with Crippen LogP contribution in [0.1, 0.15) is 26.2 Å². The van der Waals surface area contributed by atoms with Crippen LogP contribution in [0.5, 0.6) is 0 Å². The van der Waals surface area contributed by atoms with Crippen molar-refractivity contribution in [1.29, 1.82) is 0 Å². The predicted octanol–water partition coefficient (Wildman–Crippen LogP) is 3.32. The SMILES string of the molecule is CC[C@H](NS(=O)(=O)c1cccc2cccc(Cl)c12)C1CC(O)C1. The molecule has 1 fully saturated rings. The lowest BCUT2D eigenvalue weighted by Crippen LogP contribution is -2.46. The summed E-state index contributed by atoms with van der Waals surface area (Å²) >= 11 is 6.23. The van der Waals surface area contributed by atoms with Gasteiger partial charge in [-0.15, -0.1) is 0 Å². The normalized spacial score (nSPS) is 22.7. The average Bonchev–Trinajstić information content (AvgIpc) is 2.49. The second-order valence-corrected chi connectivity index (χ2v) is 8.21. The lowest BCUT2D eigenvalue weighted by atomic mass is 9.77. The molecule has 1 atom stereocenters. The van der Waals surface area contributed by atoms with Gasteiger partial charge in [0.1, 0.15) is 0 Å². The summed E-state index contributed by atoms with van der Waals surface area (Å²) in [6.07, 6.45) is 1.69. The maximum atomic E-state index is 12.9. The molecule has 2 N–H and O–H groups in total. The lowest BCUT2D eigenvalue weighted by Gasteiger charge is -2.37. The van der Waals surface area contributed by atoms with Gasteiger partial charge in [-0.1, -0.05) is 42.8 Å². The van der Waals surface area contributed by atoms with E-state index in [1.165, 1.54) is 0 Å². The van der Waals surface area contributed by atoms with Crippen LogP contribution >= 0.6 is 11.6 Å². The first-order valence-electron chi connectivity index (χ1n) is 7.80. The van der Waals surface area contributed by atoms with Crippen LogP contribution in [0.3, 0.4) is 0 Å². The number of hydrogen-bond acceptors (Lipinski definition) is 3. The number of benzene rings is 2. The first-order chi connectivity index (χ1) is 10.9. The van der Waals surface area contributed by atoms with Crippen molar-refractivity contribution in [3.63, 3.8) is 0 Å². The van der Waals surface area contributed by atoms with Gasteiger partial charge in [-0.05, 0) is 42.7 Å². The zero-order valence-electron chi connectivity index (χ0n) is 12.9. The fourth-order valence-electron chi connectivity index (χ4n) is 3.22. The maximum absolute atomic E-state index is 12.9. The smallest absolute Gasteiger partial charge is 0.241 e. The van der Waals surface area contributed by atoms with Gasteiger partial charge in [0.2, 0.25) is 10.0 Å². The van der Waals surface area contributed by atoms with Gasteiger partial charge in [0.15, 0.2) is 0 Å². The van der Waals surface area contributed by atoms with Gasteiger partial charge in [0.25, 0.3) is 0 Å². The monoisotopic (exact) mass is 353 g/mol. The largest absolute Gasteiger partial charge is 0.393 e. The second kappa shape index (κ2) is 6.40. The first kappa shape index (κ1) is 16.7. The molecule has 2 aromatic carbocycles. The highest BCUT2D eigenvalue weighted by molar-refractivity contribution is 7.89. The van der Waals surface area contributed by atoms with E-state index in [-0.39, 0.29) is 23.0 Å². The van der Waals surface area contributed by atoms with Crippen LogP contribution in [-0.4, -0.2) is 25.7 Å². The summed E-state index contributed by atoms with van der Waals surface area (Å²) < 4.78 is 28.5. The van der Waals surface area contributed by atoms with Crippen molar-refractivity contribution < 1.29 is 13.5 Å². The molecule has 0 bridgehead atoms. The Hall–Kier alpha value is -1.14. The first-order valence-corrected chi connectivity index (χ1v) is 9.66. The molecule has 0 radical (unpaired) electrons. The van der Waals surface area contributed by atoms with Crippen LogP contribution in [0.15, 0.2) is 41.3 Å². The van der Waals surface area contributed by atoms with Crippen molar-refractivity contribution in [2.75, 3.05) is 0 Å². The van der Waals surface area contributed by atoms with Gasteiger partial charge < -0.3 is 5.11 Å². The van der Waals surface area contributed by atoms with E-state index in [1.807, 2.05) is 19.1 Å². The van der Waals surface area contributed by atoms with Crippen molar-refractivity contribution in [2.24, 2.45) is 5.92 Å². The van der Waals surface area contributed by atoms with Gasteiger partial charge in [-0.3, -0.25) is 0 Å². The van der Waals surface area contributed by atoms with Crippen molar-refractivity contribution in [3.8, 4) is 0 Å². The summed E-state index contributed by atoms with van der Waals surface area (Å²) in [4.78, 5) is 0.207. The molecule has 124 valence electrons. The molecule has 0 unspecified atom stereocenters. The zero-order chi connectivity index (χ0) is 16.6. The number of hydrogen-bond donors (Lipinski definition) is 2. The topological polar surface area (TPSA) is 66.4 Å². The second-order valence-electron chi connectivity index (χ2n) is 6.12. The molecule has 0 amide bonds. The Kier molecular flexibility index (Phi) is 4.65. The van der Waals surface area contributed by atoms with E-state index in [1.54, 1.807) is 24.3 Å². The van der Waals surface area contributed by atoms with Gasteiger partial charge >= 0.3 is 0 Å². The maximum Gasteiger partial charge on any atom is 0.241 e. The molecular weight excluding hydrogens is 334 g/mol. The summed E-state index contributed by atoms with van der Waals surface area (Å²) in [5.41, 5.74) is 0. The van der Waals surface area contributed by atoms with E-state index in [2.05, 4.69) is 4.72 Å². The quantitative estimate of drug-likeness (QED) is 0.866. The van der Waals surface area contributed by atoms with Gasteiger partial charge in [0, 0.05) is 16.5 Å². The van der Waals surface area contributed by atoms with E-state index < -0.39 is 10.0 Å². The highest BCUT2D eigenvalue weighted by atomic mass is 35.5. The Morgan fingerprint density at radius 1 is 1.26 bits per heavy atom. The number of aliphatic hydroxyl groups is 1. The molecule has 0 spiro atoms. The number of nitrogens with one attached hydrogen (secondary N) is 1. The van der Waals surface area contributed by atoms with Gasteiger partial charge in [-0.25, -0.2) is 13.1 Å². The Labute approximate surface area is 141 Å². The van der Waals surface area contributed by atoms with Gasteiger partial charge in [-0.2, -0.15) is 0 Å². The minimum absolute atomic E-state index is 0.166. The highest BCUT2D eigenvalue weighted by Gasteiger charge is 2.35. The van der Waals surface area contributed by atoms with Crippen LogP contribution in [-0.2, 0) is 10.0 Å². The Morgan fingerprint density at radius 2 is 1.91 bits per heavy atom. The van der Waals surface area contributed by atoms with E-state index in [0.717, 1.165) is 5.39 Å². The molecule has 4 nitrogen and oxygen atoms in total. The van der Waals surface area contributed by atoms with Crippen LogP contribution in [0.2, 0.25) is 5.02 Å². The third-order valence-corrected chi connectivity index (χ3v) is 6.42. The summed E-state index contributed by atoms with van der Waals surface area (Å²) in [6.45, 7) is 1.95. The minimum Gasteiger partial charge on any atom is -0.393 e. The molecule has 1 aliphatic carbocycles. The number of fused-ring (bicyclic) bond motifs is 1. The third kappa shape index (κ3) is 3.24. The molecule has 0 aromatic heterocycles. The number of halogens is 1. The lowest BCUT2D eigenvalue weighted by molar-refractivity contribution is 0.0277. The molecule has 3 rings (SSSR count). The third-order valence-electron chi connectivity index (χ3n) is 4.57. The molecule has 1 saturated carbocycles. The molecule has 2 aromatic rings. The number of sulfonamides is 1. The van der Waals surface area contributed by atoms with Crippen LogP contribution < -0.4 is 4.72 Å². The summed E-state index contributed by atoms with van der Waals surface area (Å²) in [5, 5.41) is 11.2. The van der Waals surface area contributed by atoms with E-state index in [9.17, 15) is 13.5 Å². The van der Waals surface area contributed by atoms with E-state index in [4.69, 9.17) is 11.6 Å². The summed E-state index contributed by atoms with van der Waals surface area (Å²) in [7, 11) is -3.68. The fourth-order valence-corrected chi connectivity index (χ4v) is 5.20. The van der Waals surface area contributed by atoms with Crippen LogP contribution in [0.25, 0.3) is 10.8 Å². The van der Waals surface area contributed by atoms with Gasteiger partial charge in [0.05, 0.1) is 11.0 Å². The molecule has 0 saturated heterocycles. The number of aliphatic hydroxyl groups excluding tert-OH is 1. The van der Waals surface area contributed by atoms with Crippen molar-refractivity contribution in [1.82, 2.24) is 4.72 Å². The molecular formula is C17H20ClNO3S. The van der Waals surface area contributed by atoms with Crippen molar-refractivity contribution in [2.45, 2.75) is 43.2 Å². The molecule has 1 aliphatic rings. The minimum atomic E-state index is -3.68. The summed E-state index contributed by atoms with van der Waals surface area (Å²) in [5.74, 6) is 0.190. The highest BCUT2D eigenvalue weighted by Crippen LogP contribution is 2.34. The van der Waals surface area contributed by atoms with Crippen LogP contribution in [0, 0.1) is 5.92 Å². The fraction of sp³-hybridized carbons (Fsp3) is 0.412. The summed E-state index contributed by atoms with van der Waals surface area (Å²) in [6, 6.07) is 10.3. The predicted molar refractivity (Wildman–Crippen MR) is 92.1 cm³/mol. The Morgan fingerprint density at radius 3 is 2.52 bits per heavy atom. The Balaban J connectivity index is 1.97.